The molecule has 1 aromatic heterocycles. The first-order valence-electron chi connectivity index (χ1n) is 5.73. The van der Waals surface area contributed by atoms with Gasteiger partial charge in [-0.2, -0.15) is 5.26 Å². The second kappa shape index (κ2) is 3.68. The highest BCUT2D eigenvalue weighted by atomic mass is 16.5. The Bertz CT molecular complexity index is 654. The molecule has 1 unspecified atom stereocenters. The minimum absolute atomic E-state index is 0.0232. The highest BCUT2D eigenvalue weighted by Gasteiger charge is 2.35. The molecule has 0 saturated heterocycles. The van der Waals surface area contributed by atoms with Crippen LogP contribution in [0.15, 0.2) is 4.79 Å². The minimum atomic E-state index is -0.445. The molecule has 0 aliphatic carbocycles. The number of pyridine rings is 1. The van der Waals surface area contributed by atoms with Gasteiger partial charge in [0.15, 0.2) is 0 Å². The fourth-order valence-electron chi connectivity index (χ4n) is 2.64. The van der Waals surface area contributed by atoms with E-state index >= 15 is 0 Å². The van der Waals surface area contributed by atoms with Gasteiger partial charge in [-0.05, 0) is 12.5 Å². The van der Waals surface area contributed by atoms with E-state index in [2.05, 4.69) is 5.32 Å². The van der Waals surface area contributed by atoms with Gasteiger partial charge in [0, 0.05) is 6.42 Å². The Morgan fingerprint density at radius 2 is 2.28 bits per heavy atom. The molecule has 1 N–H and O–H groups in total. The molecule has 1 atom stereocenters. The summed E-state index contributed by atoms with van der Waals surface area (Å²) < 4.78 is 6.58. The summed E-state index contributed by atoms with van der Waals surface area (Å²) in [5.41, 5.74) is 1.15. The molecular formula is C12H11N3O3. The van der Waals surface area contributed by atoms with Crippen molar-refractivity contribution in [1.29, 1.82) is 5.26 Å². The Labute approximate surface area is 103 Å². The average molecular weight is 245 g/mol. The summed E-state index contributed by atoms with van der Waals surface area (Å²) in [5, 5.41) is 12.2. The Balaban J connectivity index is 2.44. The van der Waals surface area contributed by atoms with Crippen LogP contribution in [0.4, 0.5) is 0 Å². The smallest absolute Gasteiger partial charge is 0.340 e. The first-order chi connectivity index (χ1) is 8.65. The van der Waals surface area contributed by atoms with Gasteiger partial charge in [0.2, 0.25) is 0 Å². The number of nitrogens with one attached hydrogen (secondary N) is 1. The molecule has 2 aliphatic rings. The number of ether oxygens (including phenoxy) is 1. The summed E-state index contributed by atoms with van der Waals surface area (Å²) in [5.74, 6) is -0.445. The Kier molecular flexibility index (Phi) is 2.25. The molecule has 0 radical (unpaired) electrons. The van der Waals surface area contributed by atoms with Crippen LogP contribution < -0.4 is 10.9 Å². The second-order valence-corrected chi connectivity index (χ2v) is 4.44. The van der Waals surface area contributed by atoms with Gasteiger partial charge >= 0.3 is 5.97 Å². The van der Waals surface area contributed by atoms with E-state index in [0.29, 0.717) is 36.5 Å². The molecule has 0 fully saturated rings. The van der Waals surface area contributed by atoms with E-state index in [0.717, 1.165) is 0 Å². The maximum Gasteiger partial charge on any atom is 0.340 e. The summed E-state index contributed by atoms with van der Waals surface area (Å²) in [4.78, 5) is 24.1. The molecule has 3 rings (SSSR count). The number of cyclic esters (lactones) is 1. The van der Waals surface area contributed by atoms with Crippen LogP contribution >= 0.6 is 0 Å². The molecule has 0 bridgehead atoms. The van der Waals surface area contributed by atoms with E-state index in [-0.39, 0.29) is 17.2 Å². The Hall–Kier alpha value is -2.13. The average Bonchev–Trinajstić information content (AvgIpc) is 2.67. The predicted octanol–water partition coefficient (Wildman–Crippen LogP) is 0.191. The van der Waals surface area contributed by atoms with Crippen LogP contribution in [0.2, 0.25) is 0 Å². The Morgan fingerprint density at radius 3 is 3.00 bits per heavy atom. The zero-order valence-electron chi connectivity index (χ0n) is 9.82. The van der Waals surface area contributed by atoms with Gasteiger partial charge in [0.05, 0.1) is 30.6 Å². The molecule has 2 aliphatic heterocycles. The van der Waals surface area contributed by atoms with Crippen LogP contribution in [0.5, 0.6) is 0 Å². The highest BCUT2D eigenvalue weighted by Crippen LogP contribution is 2.30. The summed E-state index contributed by atoms with van der Waals surface area (Å²) in [6.45, 7) is 2.28. The van der Waals surface area contributed by atoms with E-state index < -0.39 is 5.97 Å². The van der Waals surface area contributed by atoms with Crippen molar-refractivity contribution in [2.45, 2.75) is 26.1 Å². The van der Waals surface area contributed by atoms with Gasteiger partial charge < -0.3 is 4.74 Å². The number of hydrogen-bond donors (Lipinski definition) is 1. The van der Waals surface area contributed by atoms with E-state index in [1.807, 2.05) is 6.07 Å². The fourth-order valence-corrected chi connectivity index (χ4v) is 2.64. The normalized spacial score (nSPS) is 20.9. The maximum atomic E-state index is 12.1. The fraction of sp³-hybridized carbons (Fsp3) is 0.417. The number of rotatable bonds is 0. The topological polar surface area (TPSA) is 84.1 Å². The zero-order valence-corrected chi connectivity index (χ0v) is 9.82. The van der Waals surface area contributed by atoms with Gasteiger partial charge in [0.25, 0.3) is 5.56 Å². The highest BCUT2D eigenvalue weighted by molar-refractivity contribution is 5.93. The van der Waals surface area contributed by atoms with Crippen LogP contribution in [0.25, 0.3) is 0 Å². The number of aromatic nitrogens is 1. The molecule has 0 saturated carbocycles. The number of carbonyl (C=O) groups is 1. The molecule has 0 aromatic carbocycles. The minimum Gasteiger partial charge on any atom is -0.462 e. The molecule has 0 spiro atoms. The van der Waals surface area contributed by atoms with Gasteiger partial charge in [-0.25, -0.2) is 4.79 Å². The number of nitriles is 1. The molecule has 18 heavy (non-hydrogen) atoms. The summed E-state index contributed by atoms with van der Waals surface area (Å²) in [6.07, 6.45) is 0.642. The number of carbonyl (C=O) groups excluding carboxylic acids is 1. The van der Waals surface area contributed by atoms with Crippen molar-refractivity contribution in [3.8, 4) is 6.07 Å². The van der Waals surface area contributed by atoms with Gasteiger partial charge in [0.1, 0.15) is 11.6 Å². The Morgan fingerprint density at radius 1 is 1.50 bits per heavy atom. The van der Waals surface area contributed by atoms with E-state index in [4.69, 9.17) is 10.00 Å². The van der Waals surface area contributed by atoms with Crippen LogP contribution in [0.3, 0.4) is 0 Å². The summed E-state index contributed by atoms with van der Waals surface area (Å²) in [7, 11) is 0. The predicted molar refractivity (Wildman–Crippen MR) is 60.9 cm³/mol. The van der Waals surface area contributed by atoms with E-state index in [1.54, 1.807) is 6.92 Å². The lowest BCUT2D eigenvalue weighted by molar-refractivity contribution is 0.0505. The van der Waals surface area contributed by atoms with Gasteiger partial charge in [-0.3, -0.25) is 14.7 Å². The summed E-state index contributed by atoms with van der Waals surface area (Å²) in [6, 6.07) is 1.83. The third kappa shape index (κ3) is 1.25. The van der Waals surface area contributed by atoms with E-state index in [1.165, 1.54) is 4.57 Å². The number of nitrogens with zero attached hydrogens (tertiary/aromatic N) is 2. The standard InChI is InChI=1S/C12H11N3O3/c1-6-7(4-13)11(16)15-5-14-8-2-3-18-12(17)9(6)10(8)15/h8,14H,2-3,5H2,1H3. The van der Waals surface area contributed by atoms with Crippen LogP contribution in [-0.2, 0) is 11.4 Å². The van der Waals surface area contributed by atoms with Crippen LogP contribution in [0, 0.1) is 18.3 Å². The van der Waals surface area contributed by atoms with Crippen molar-refractivity contribution in [1.82, 2.24) is 9.88 Å². The van der Waals surface area contributed by atoms with Crippen molar-refractivity contribution in [3.63, 3.8) is 0 Å². The SMILES string of the molecule is Cc1c2c3n(c(=O)c1C#N)CNC3CCOC2=O. The molecule has 3 heterocycles. The summed E-state index contributed by atoms with van der Waals surface area (Å²) >= 11 is 0. The third-order valence-corrected chi connectivity index (χ3v) is 3.54. The first-order valence-corrected chi connectivity index (χ1v) is 5.73. The van der Waals surface area contributed by atoms with Crippen molar-refractivity contribution in [3.05, 3.63) is 32.7 Å². The lowest BCUT2D eigenvalue weighted by Crippen LogP contribution is -2.27. The van der Waals surface area contributed by atoms with Crippen molar-refractivity contribution < 1.29 is 9.53 Å². The first kappa shape index (κ1) is 11.0. The number of hydrogen-bond acceptors (Lipinski definition) is 5. The molecule has 1 aromatic rings. The quantitative estimate of drug-likeness (QED) is 0.659. The molecule has 6 nitrogen and oxygen atoms in total. The lowest BCUT2D eigenvalue weighted by atomic mass is 9.99. The largest absolute Gasteiger partial charge is 0.462 e. The molecular weight excluding hydrogens is 234 g/mol. The van der Waals surface area contributed by atoms with Crippen molar-refractivity contribution in [2.75, 3.05) is 6.61 Å². The zero-order chi connectivity index (χ0) is 12.9. The van der Waals surface area contributed by atoms with Crippen LogP contribution in [0.1, 0.15) is 39.6 Å². The third-order valence-electron chi connectivity index (χ3n) is 3.54. The molecule has 6 heteroatoms. The van der Waals surface area contributed by atoms with Crippen LogP contribution in [-0.4, -0.2) is 17.1 Å². The molecule has 92 valence electrons. The number of esters is 1. The maximum absolute atomic E-state index is 12.1. The monoisotopic (exact) mass is 245 g/mol. The van der Waals surface area contributed by atoms with Crippen molar-refractivity contribution >= 4 is 5.97 Å². The molecule has 0 amide bonds. The van der Waals surface area contributed by atoms with Gasteiger partial charge in [-0.1, -0.05) is 0 Å². The lowest BCUT2D eigenvalue weighted by Gasteiger charge is -2.12. The second-order valence-electron chi connectivity index (χ2n) is 4.44. The van der Waals surface area contributed by atoms with E-state index in [9.17, 15) is 9.59 Å². The van der Waals surface area contributed by atoms with Gasteiger partial charge in [-0.15, -0.1) is 0 Å². The van der Waals surface area contributed by atoms with Crippen molar-refractivity contribution in [2.24, 2.45) is 0 Å².